The summed E-state index contributed by atoms with van der Waals surface area (Å²) in [5.74, 6) is 2.79. The molecular weight excluding hydrogens is 226 g/mol. The zero-order valence-corrected chi connectivity index (χ0v) is 11.3. The van der Waals surface area contributed by atoms with Gasteiger partial charge in [-0.2, -0.15) is 0 Å². The van der Waals surface area contributed by atoms with Crippen LogP contribution in [0.4, 0.5) is 0 Å². The van der Waals surface area contributed by atoms with Gasteiger partial charge >= 0.3 is 0 Å². The Labute approximate surface area is 108 Å². The van der Waals surface area contributed by atoms with E-state index in [-0.39, 0.29) is 0 Å². The standard InChI is InChI=1S/C15H19NO2/c1-10-7-12(8-11(2)15(10)17-4)14-6-5-13(18-14)9-16-3/h5-8,16H,9H2,1-4H3. The molecule has 0 aliphatic carbocycles. The van der Waals surface area contributed by atoms with E-state index < -0.39 is 0 Å². The van der Waals surface area contributed by atoms with Crippen LogP contribution in [0, 0.1) is 13.8 Å². The van der Waals surface area contributed by atoms with Crippen LogP contribution in [0.1, 0.15) is 16.9 Å². The molecule has 1 aromatic heterocycles. The third-order valence-electron chi connectivity index (χ3n) is 2.96. The molecule has 96 valence electrons. The topological polar surface area (TPSA) is 34.4 Å². The van der Waals surface area contributed by atoms with E-state index >= 15 is 0 Å². The first-order chi connectivity index (χ1) is 8.65. The first kappa shape index (κ1) is 12.7. The minimum Gasteiger partial charge on any atom is -0.496 e. The molecular formula is C15H19NO2. The fourth-order valence-electron chi connectivity index (χ4n) is 2.22. The summed E-state index contributed by atoms with van der Waals surface area (Å²) in [4.78, 5) is 0. The van der Waals surface area contributed by atoms with Gasteiger partial charge < -0.3 is 14.5 Å². The van der Waals surface area contributed by atoms with Gasteiger partial charge in [0.15, 0.2) is 0 Å². The van der Waals surface area contributed by atoms with Gasteiger partial charge in [0, 0.05) is 5.56 Å². The third kappa shape index (κ3) is 2.41. The predicted molar refractivity (Wildman–Crippen MR) is 72.9 cm³/mol. The molecule has 0 fully saturated rings. The maximum Gasteiger partial charge on any atom is 0.134 e. The highest BCUT2D eigenvalue weighted by Crippen LogP contribution is 2.30. The molecule has 0 aliphatic rings. The van der Waals surface area contributed by atoms with Crippen molar-refractivity contribution in [2.24, 2.45) is 0 Å². The molecule has 0 atom stereocenters. The van der Waals surface area contributed by atoms with Gasteiger partial charge in [0.2, 0.25) is 0 Å². The monoisotopic (exact) mass is 245 g/mol. The summed E-state index contributed by atoms with van der Waals surface area (Å²) in [6.45, 7) is 4.84. The lowest BCUT2D eigenvalue weighted by atomic mass is 10.0. The quantitative estimate of drug-likeness (QED) is 0.897. The van der Waals surface area contributed by atoms with Crippen molar-refractivity contribution in [2.45, 2.75) is 20.4 Å². The zero-order valence-electron chi connectivity index (χ0n) is 11.3. The van der Waals surface area contributed by atoms with Crippen molar-refractivity contribution in [2.75, 3.05) is 14.2 Å². The Balaban J connectivity index is 2.38. The highest BCUT2D eigenvalue weighted by molar-refractivity contribution is 5.63. The fraction of sp³-hybridized carbons (Fsp3) is 0.333. The lowest BCUT2D eigenvalue weighted by Crippen LogP contribution is -2.03. The van der Waals surface area contributed by atoms with Gasteiger partial charge in [-0.1, -0.05) is 0 Å². The highest BCUT2D eigenvalue weighted by atomic mass is 16.5. The molecule has 2 rings (SSSR count). The summed E-state index contributed by atoms with van der Waals surface area (Å²) in [6, 6.07) is 8.19. The highest BCUT2D eigenvalue weighted by Gasteiger charge is 2.09. The van der Waals surface area contributed by atoms with E-state index in [9.17, 15) is 0 Å². The lowest BCUT2D eigenvalue weighted by molar-refractivity contribution is 0.408. The van der Waals surface area contributed by atoms with Crippen LogP contribution in [0.2, 0.25) is 0 Å². The summed E-state index contributed by atoms with van der Waals surface area (Å²) in [5.41, 5.74) is 3.34. The fourth-order valence-corrected chi connectivity index (χ4v) is 2.22. The van der Waals surface area contributed by atoms with Gasteiger partial charge in [-0.05, 0) is 56.3 Å². The molecule has 0 saturated heterocycles. The van der Waals surface area contributed by atoms with Crippen LogP contribution < -0.4 is 10.1 Å². The lowest BCUT2D eigenvalue weighted by Gasteiger charge is -2.10. The van der Waals surface area contributed by atoms with Gasteiger partial charge in [0.1, 0.15) is 17.3 Å². The Bertz CT molecular complexity index is 520. The van der Waals surface area contributed by atoms with Crippen molar-refractivity contribution < 1.29 is 9.15 Å². The molecule has 1 aromatic carbocycles. The number of ether oxygens (including phenoxy) is 1. The molecule has 0 spiro atoms. The summed E-state index contributed by atoms with van der Waals surface area (Å²) in [5, 5.41) is 3.08. The first-order valence-electron chi connectivity index (χ1n) is 6.04. The van der Waals surface area contributed by atoms with E-state index in [0.717, 1.165) is 40.5 Å². The van der Waals surface area contributed by atoms with Gasteiger partial charge in [-0.3, -0.25) is 0 Å². The Kier molecular flexibility index (Phi) is 3.72. The summed E-state index contributed by atoms with van der Waals surface area (Å²) < 4.78 is 11.2. The number of rotatable bonds is 4. The van der Waals surface area contributed by atoms with E-state index in [1.165, 1.54) is 0 Å². The summed E-state index contributed by atoms with van der Waals surface area (Å²) >= 11 is 0. The average molecular weight is 245 g/mol. The molecule has 3 nitrogen and oxygen atoms in total. The number of hydrogen-bond donors (Lipinski definition) is 1. The second-order valence-corrected chi connectivity index (χ2v) is 4.44. The number of aryl methyl sites for hydroxylation is 2. The molecule has 1 heterocycles. The van der Waals surface area contributed by atoms with E-state index in [4.69, 9.17) is 9.15 Å². The molecule has 0 amide bonds. The maximum atomic E-state index is 5.79. The van der Waals surface area contributed by atoms with E-state index in [1.807, 2.05) is 33.0 Å². The smallest absolute Gasteiger partial charge is 0.134 e. The van der Waals surface area contributed by atoms with Crippen LogP contribution >= 0.6 is 0 Å². The normalized spacial score (nSPS) is 10.7. The Hall–Kier alpha value is -1.74. The van der Waals surface area contributed by atoms with Crippen LogP contribution in [0.25, 0.3) is 11.3 Å². The summed E-state index contributed by atoms with van der Waals surface area (Å²) in [7, 11) is 3.61. The van der Waals surface area contributed by atoms with Crippen LogP contribution in [-0.4, -0.2) is 14.2 Å². The van der Waals surface area contributed by atoms with E-state index in [1.54, 1.807) is 7.11 Å². The van der Waals surface area contributed by atoms with Crippen molar-refractivity contribution in [3.63, 3.8) is 0 Å². The molecule has 3 heteroatoms. The van der Waals surface area contributed by atoms with Crippen molar-refractivity contribution in [1.29, 1.82) is 0 Å². The van der Waals surface area contributed by atoms with Crippen molar-refractivity contribution in [3.05, 3.63) is 41.2 Å². The SMILES string of the molecule is CNCc1ccc(-c2cc(C)c(OC)c(C)c2)o1. The maximum absolute atomic E-state index is 5.79. The van der Waals surface area contributed by atoms with Crippen LogP contribution in [0.3, 0.4) is 0 Å². The number of benzene rings is 1. The minimum atomic E-state index is 0.744. The molecule has 1 N–H and O–H groups in total. The molecule has 18 heavy (non-hydrogen) atoms. The third-order valence-corrected chi connectivity index (χ3v) is 2.96. The van der Waals surface area contributed by atoms with Gasteiger partial charge in [0.05, 0.1) is 13.7 Å². The molecule has 0 aliphatic heterocycles. The van der Waals surface area contributed by atoms with Crippen LogP contribution in [0.15, 0.2) is 28.7 Å². The van der Waals surface area contributed by atoms with Gasteiger partial charge in [0.25, 0.3) is 0 Å². The van der Waals surface area contributed by atoms with Crippen molar-refractivity contribution in [3.8, 4) is 17.1 Å². The molecule has 0 bridgehead atoms. The molecule has 0 saturated carbocycles. The second kappa shape index (κ2) is 5.27. The number of hydrogen-bond acceptors (Lipinski definition) is 3. The first-order valence-corrected chi connectivity index (χ1v) is 6.04. The summed E-state index contributed by atoms with van der Waals surface area (Å²) in [6.07, 6.45) is 0. The van der Waals surface area contributed by atoms with Gasteiger partial charge in [-0.25, -0.2) is 0 Å². The second-order valence-electron chi connectivity index (χ2n) is 4.44. The largest absolute Gasteiger partial charge is 0.496 e. The predicted octanol–water partition coefficient (Wildman–Crippen LogP) is 3.29. The van der Waals surface area contributed by atoms with E-state index in [2.05, 4.69) is 17.4 Å². The Morgan fingerprint density at radius 3 is 2.39 bits per heavy atom. The molecule has 2 aromatic rings. The average Bonchev–Trinajstić information content (AvgIpc) is 2.78. The Morgan fingerprint density at radius 1 is 1.17 bits per heavy atom. The van der Waals surface area contributed by atoms with Gasteiger partial charge in [-0.15, -0.1) is 0 Å². The molecule has 0 unspecified atom stereocenters. The van der Waals surface area contributed by atoms with Crippen LogP contribution in [-0.2, 0) is 6.54 Å². The van der Waals surface area contributed by atoms with E-state index in [0.29, 0.717) is 0 Å². The number of furan rings is 1. The zero-order chi connectivity index (χ0) is 13.1. The van der Waals surface area contributed by atoms with Crippen LogP contribution in [0.5, 0.6) is 5.75 Å². The molecule has 0 radical (unpaired) electrons. The Morgan fingerprint density at radius 2 is 1.83 bits per heavy atom. The van der Waals surface area contributed by atoms with Crippen molar-refractivity contribution in [1.82, 2.24) is 5.32 Å². The van der Waals surface area contributed by atoms with Crippen molar-refractivity contribution >= 4 is 0 Å². The minimum absolute atomic E-state index is 0.744. The number of nitrogens with one attached hydrogen (secondary N) is 1. The number of methoxy groups -OCH3 is 1.